The molecule has 1 saturated carbocycles. The minimum absolute atomic E-state index is 0.172. The van der Waals surface area contributed by atoms with Gasteiger partial charge in [-0.1, -0.05) is 29.3 Å². The maximum absolute atomic E-state index is 11.4. The van der Waals surface area contributed by atoms with Crippen LogP contribution < -0.4 is 5.73 Å². The highest BCUT2D eigenvalue weighted by Gasteiger charge is 2.18. The van der Waals surface area contributed by atoms with Crippen LogP contribution in [0.15, 0.2) is 50.9 Å². The quantitative estimate of drug-likeness (QED) is 0.486. The second-order valence-electron chi connectivity index (χ2n) is 5.84. The third kappa shape index (κ3) is 7.82. The van der Waals surface area contributed by atoms with Gasteiger partial charge >= 0.3 is 0 Å². The van der Waals surface area contributed by atoms with Gasteiger partial charge in [0.05, 0.1) is 19.9 Å². The molecule has 1 aliphatic carbocycles. The van der Waals surface area contributed by atoms with Crippen molar-refractivity contribution < 1.29 is 9.53 Å². The van der Waals surface area contributed by atoms with E-state index in [0.717, 1.165) is 31.5 Å². The standard InChI is InChI=1S/C10H11ClN4.C9H13NO2/c1-13-10(15-7-14-6-12)8-3-2-4-9(11)5-8;11-9(7-8-1-2-8)10-3-5-12-6-4-10/h2-5,7H,1,6,12H2;7H,1-6H2/b14-7-,15-10?;. The molecule has 7 nitrogen and oxygen atoms in total. The molecular formula is C19H24ClN5O2. The molecule has 8 heteroatoms. The monoisotopic (exact) mass is 389 g/mol. The van der Waals surface area contributed by atoms with Gasteiger partial charge in [0.1, 0.15) is 6.34 Å². The molecule has 1 aromatic carbocycles. The van der Waals surface area contributed by atoms with Crippen molar-refractivity contribution in [1.82, 2.24) is 4.90 Å². The molecule has 0 unspecified atom stereocenters. The Morgan fingerprint density at radius 2 is 2.07 bits per heavy atom. The fourth-order valence-corrected chi connectivity index (χ4v) is 2.43. The lowest BCUT2D eigenvalue weighted by Crippen LogP contribution is -2.39. The molecule has 0 radical (unpaired) electrons. The molecule has 0 bridgehead atoms. The Balaban J connectivity index is 0.000000198. The smallest absolute Gasteiger partial charge is 0.246 e. The van der Waals surface area contributed by atoms with Crippen LogP contribution in [0, 0.1) is 0 Å². The summed E-state index contributed by atoms with van der Waals surface area (Å²) in [6.07, 6.45) is 5.38. The lowest BCUT2D eigenvalue weighted by molar-refractivity contribution is -0.130. The van der Waals surface area contributed by atoms with Crippen LogP contribution >= 0.6 is 11.6 Å². The van der Waals surface area contributed by atoms with Gasteiger partial charge in [0.15, 0.2) is 5.84 Å². The zero-order chi connectivity index (χ0) is 19.5. The molecule has 2 aliphatic rings. The number of benzene rings is 1. The van der Waals surface area contributed by atoms with Crippen molar-refractivity contribution in [3.63, 3.8) is 0 Å². The van der Waals surface area contributed by atoms with Crippen LogP contribution in [0.25, 0.3) is 0 Å². The first-order valence-electron chi connectivity index (χ1n) is 8.69. The van der Waals surface area contributed by atoms with Crippen LogP contribution in [-0.2, 0) is 9.53 Å². The van der Waals surface area contributed by atoms with Crippen LogP contribution in [0.2, 0.25) is 5.02 Å². The van der Waals surface area contributed by atoms with Crippen molar-refractivity contribution in [3.8, 4) is 0 Å². The van der Waals surface area contributed by atoms with E-state index in [0.29, 0.717) is 24.1 Å². The maximum atomic E-state index is 11.4. The third-order valence-corrected chi connectivity index (χ3v) is 4.02. The molecule has 0 atom stereocenters. The molecule has 3 rings (SSSR count). The third-order valence-electron chi connectivity index (χ3n) is 3.79. The number of allylic oxidation sites excluding steroid dienone is 1. The molecule has 0 aromatic heterocycles. The van der Waals surface area contributed by atoms with Gasteiger partial charge in [0.2, 0.25) is 5.91 Å². The number of nitrogens with zero attached hydrogens (tertiary/aromatic N) is 4. The second-order valence-corrected chi connectivity index (χ2v) is 6.28. The van der Waals surface area contributed by atoms with Crippen LogP contribution in [0.3, 0.4) is 0 Å². The summed E-state index contributed by atoms with van der Waals surface area (Å²) < 4.78 is 5.16. The molecule has 1 aromatic rings. The van der Waals surface area contributed by atoms with Gasteiger partial charge < -0.3 is 15.4 Å². The summed E-state index contributed by atoms with van der Waals surface area (Å²) in [7, 11) is 0. The number of carbonyl (C=O) groups excluding carboxylic acids is 1. The molecule has 1 heterocycles. The minimum Gasteiger partial charge on any atom is -0.378 e. The minimum atomic E-state index is 0.172. The molecule has 1 amide bonds. The number of hydrogen-bond donors (Lipinski definition) is 1. The van der Waals surface area contributed by atoms with Gasteiger partial charge in [-0.2, -0.15) is 0 Å². The predicted octanol–water partition coefficient (Wildman–Crippen LogP) is 2.30. The van der Waals surface area contributed by atoms with Crippen molar-refractivity contribution in [3.05, 3.63) is 46.5 Å². The first-order chi connectivity index (χ1) is 13.1. The normalized spacial score (nSPS) is 16.6. The summed E-state index contributed by atoms with van der Waals surface area (Å²) >= 11 is 5.84. The van der Waals surface area contributed by atoms with Crippen molar-refractivity contribution >= 4 is 36.4 Å². The van der Waals surface area contributed by atoms with Crippen LogP contribution in [0.4, 0.5) is 0 Å². The summed E-state index contributed by atoms with van der Waals surface area (Å²) in [5, 5.41) is 0.625. The Hall–Kier alpha value is -2.35. The number of halogens is 1. The number of amides is 1. The molecule has 0 spiro atoms. The number of morpholine rings is 1. The van der Waals surface area contributed by atoms with E-state index in [9.17, 15) is 4.79 Å². The van der Waals surface area contributed by atoms with Crippen LogP contribution in [0.1, 0.15) is 18.4 Å². The average Bonchev–Trinajstić information content (AvgIpc) is 3.50. The molecule has 1 aliphatic heterocycles. The number of nitrogens with two attached hydrogens (primary N) is 1. The zero-order valence-corrected chi connectivity index (χ0v) is 15.9. The van der Waals surface area contributed by atoms with E-state index in [4.69, 9.17) is 22.1 Å². The molecular weight excluding hydrogens is 366 g/mol. The second kappa shape index (κ2) is 11.4. The number of rotatable bonds is 4. The number of amidine groups is 1. The summed E-state index contributed by atoms with van der Waals surface area (Å²) in [5.41, 5.74) is 7.27. The fourth-order valence-electron chi connectivity index (χ4n) is 2.24. The van der Waals surface area contributed by atoms with Crippen molar-refractivity contribution in [2.45, 2.75) is 12.8 Å². The lowest BCUT2D eigenvalue weighted by Gasteiger charge is -2.25. The van der Waals surface area contributed by atoms with Gasteiger partial charge in [-0.25, -0.2) is 9.98 Å². The van der Waals surface area contributed by atoms with Crippen LogP contribution in [-0.4, -0.2) is 62.7 Å². The Morgan fingerprint density at radius 3 is 2.67 bits per heavy atom. The number of carbonyl (C=O) groups is 1. The zero-order valence-electron chi connectivity index (χ0n) is 15.2. The van der Waals surface area contributed by atoms with E-state index in [1.165, 1.54) is 11.9 Å². The Kier molecular flexibility index (Phi) is 8.83. The number of aliphatic imine (C=N–C) groups is 3. The van der Waals surface area contributed by atoms with Gasteiger partial charge in [-0.05, 0) is 31.7 Å². The average molecular weight is 390 g/mol. The van der Waals surface area contributed by atoms with Gasteiger partial charge in [-0.15, -0.1) is 0 Å². The van der Waals surface area contributed by atoms with Gasteiger partial charge in [0, 0.05) is 29.8 Å². The van der Waals surface area contributed by atoms with Gasteiger partial charge in [-0.3, -0.25) is 9.79 Å². The summed E-state index contributed by atoms with van der Waals surface area (Å²) in [5.74, 6) is 0.639. The van der Waals surface area contributed by atoms with E-state index >= 15 is 0 Å². The fraction of sp³-hybridized carbons (Fsp3) is 0.368. The summed E-state index contributed by atoms with van der Waals surface area (Å²) in [6, 6.07) is 7.19. The first-order valence-corrected chi connectivity index (χ1v) is 9.06. The molecule has 2 fully saturated rings. The summed E-state index contributed by atoms with van der Waals surface area (Å²) in [4.78, 5) is 24.8. The predicted molar refractivity (Wildman–Crippen MR) is 110 cm³/mol. The van der Waals surface area contributed by atoms with E-state index in [1.54, 1.807) is 18.2 Å². The summed E-state index contributed by atoms with van der Waals surface area (Å²) in [6.45, 7) is 6.51. The lowest BCUT2D eigenvalue weighted by atomic mass is 10.2. The molecule has 2 N–H and O–H groups in total. The van der Waals surface area contributed by atoms with E-state index in [-0.39, 0.29) is 12.6 Å². The Bertz CT molecular complexity index is 733. The maximum Gasteiger partial charge on any atom is 0.246 e. The van der Waals surface area contributed by atoms with Crippen LogP contribution in [0.5, 0.6) is 0 Å². The molecule has 144 valence electrons. The van der Waals surface area contributed by atoms with Crippen molar-refractivity contribution in [1.29, 1.82) is 0 Å². The Labute approximate surface area is 164 Å². The number of hydrogen-bond acceptors (Lipinski definition) is 4. The van der Waals surface area contributed by atoms with E-state index in [2.05, 4.69) is 21.7 Å². The molecule has 1 saturated heterocycles. The first kappa shape index (κ1) is 21.0. The van der Waals surface area contributed by atoms with Crippen molar-refractivity contribution in [2.75, 3.05) is 33.0 Å². The highest BCUT2D eigenvalue weighted by atomic mass is 35.5. The SMILES string of the molecule is C=NC(=N/C=N\CN)c1cccc(Cl)c1.O=C(C=C1CC1)N1CCOCC1. The van der Waals surface area contributed by atoms with Gasteiger partial charge in [0.25, 0.3) is 0 Å². The van der Waals surface area contributed by atoms with E-state index in [1.807, 2.05) is 17.0 Å². The molecule has 27 heavy (non-hydrogen) atoms. The van der Waals surface area contributed by atoms with E-state index < -0.39 is 0 Å². The topological polar surface area (TPSA) is 92.6 Å². The van der Waals surface area contributed by atoms with Crippen molar-refractivity contribution in [2.24, 2.45) is 20.7 Å². The number of ether oxygens (including phenoxy) is 1. The highest BCUT2D eigenvalue weighted by Crippen LogP contribution is 2.27. The Morgan fingerprint density at radius 1 is 1.33 bits per heavy atom. The highest BCUT2D eigenvalue weighted by molar-refractivity contribution is 6.31. The largest absolute Gasteiger partial charge is 0.378 e.